The summed E-state index contributed by atoms with van der Waals surface area (Å²) in [6.45, 7) is 4.48. The van der Waals surface area contributed by atoms with Gasteiger partial charge in [-0.3, -0.25) is 4.79 Å². The zero-order valence-electron chi connectivity index (χ0n) is 18.1. The van der Waals surface area contributed by atoms with Gasteiger partial charge in [-0.1, -0.05) is 129 Å². The summed E-state index contributed by atoms with van der Waals surface area (Å²) in [4.78, 5) is 10.5. The summed E-state index contributed by atoms with van der Waals surface area (Å²) in [6, 6.07) is 0. The molecule has 2 heteroatoms. The fourth-order valence-electron chi connectivity index (χ4n) is 3.73. The van der Waals surface area contributed by atoms with Crippen molar-refractivity contribution in [3.8, 4) is 0 Å². The molecule has 0 radical (unpaired) electrons. The van der Waals surface area contributed by atoms with E-state index >= 15 is 0 Å². The number of aliphatic carboxylic acids is 1. The lowest BCUT2D eigenvalue weighted by Gasteiger charge is -2.09. The molecule has 0 aromatic carbocycles. The second-order valence-corrected chi connectivity index (χ2v) is 8.48. The van der Waals surface area contributed by atoms with Crippen molar-refractivity contribution < 1.29 is 9.90 Å². The molecule has 1 atom stereocenters. The van der Waals surface area contributed by atoms with Gasteiger partial charge in [0.15, 0.2) is 0 Å². The van der Waals surface area contributed by atoms with Crippen LogP contribution in [0.5, 0.6) is 0 Å². The van der Waals surface area contributed by atoms with E-state index in [0.717, 1.165) is 6.42 Å². The Morgan fingerprint density at radius 2 is 0.962 bits per heavy atom. The Balaban J connectivity index is 3.08. The maximum Gasteiger partial charge on any atom is 0.303 e. The van der Waals surface area contributed by atoms with Crippen LogP contribution in [0.1, 0.15) is 142 Å². The smallest absolute Gasteiger partial charge is 0.303 e. The van der Waals surface area contributed by atoms with Gasteiger partial charge in [0.05, 0.1) is 0 Å². The van der Waals surface area contributed by atoms with E-state index in [4.69, 9.17) is 5.11 Å². The lowest BCUT2D eigenvalue weighted by atomic mass is 9.97. The first kappa shape index (κ1) is 25.5. The van der Waals surface area contributed by atoms with Crippen LogP contribution in [0.25, 0.3) is 0 Å². The second-order valence-electron chi connectivity index (χ2n) is 8.48. The molecule has 1 unspecified atom stereocenters. The van der Waals surface area contributed by atoms with Crippen molar-refractivity contribution in [2.75, 3.05) is 0 Å². The van der Waals surface area contributed by atoms with E-state index in [-0.39, 0.29) is 0 Å². The van der Waals surface area contributed by atoms with Crippen LogP contribution in [-0.2, 0) is 4.79 Å². The van der Waals surface area contributed by atoms with E-state index in [1.165, 1.54) is 116 Å². The molecule has 0 rings (SSSR count). The van der Waals surface area contributed by atoms with Gasteiger partial charge in [-0.15, -0.1) is 0 Å². The predicted octanol–water partition coefficient (Wildman–Crippen LogP) is 8.53. The second kappa shape index (κ2) is 20.8. The Labute approximate surface area is 164 Å². The van der Waals surface area contributed by atoms with Crippen LogP contribution in [0.3, 0.4) is 0 Å². The van der Waals surface area contributed by atoms with Crippen LogP contribution >= 0.6 is 0 Å². The van der Waals surface area contributed by atoms with Gasteiger partial charge in [-0.05, 0) is 12.3 Å². The fourth-order valence-corrected chi connectivity index (χ4v) is 3.73. The van der Waals surface area contributed by atoms with E-state index in [1.807, 2.05) is 0 Å². The van der Waals surface area contributed by atoms with Crippen LogP contribution in [0.2, 0.25) is 0 Å². The minimum atomic E-state index is -0.653. The molecule has 0 bridgehead atoms. The van der Waals surface area contributed by atoms with Gasteiger partial charge in [0.2, 0.25) is 0 Å². The van der Waals surface area contributed by atoms with Crippen LogP contribution in [-0.4, -0.2) is 11.1 Å². The molecule has 0 fully saturated rings. The van der Waals surface area contributed by atoms with E-state index in [1.54, 1.807) is 0 Å². The normalized spacial score (nSPS) is 12.4. The Hall–Kier alpha value is -0.530. The Kier molecular flexibility index (Phi) is 20.4. The molecular formula is C24H48O2. The highest BCUT2D eigenvalue weighted by atomic mass is 16.4. The minimum Gasteiger partial charge on any atom is -0.481 e. The molecule has 0 amide bonds. The van der Waals surface area contributed by atoms with Gasteiger partial charge in [0.1, 0.15) is 0 Å². The predicted molar refractivity (Wildman–Crippen MR) is 115 cm³/mol. The number of rotatable bonds is 21. The third-order valence-corrected chi connectivity index (χ3v) is 5.65. The molecule has 0 spiro atoms. The average Bonchev–Trinajstić information content (AvgIpc) is 2.62. The number of hydrogen-bond acceptors (Lipinski definition) is 1. The Morgan fingerprint density at radius 1 is 0.615 bits per heavy atom. The maximum atomic E-state index is 10.5. The highest BCUT2D eigenvalue weighted by Gasteiger charge is 2.05. The van der Waals surface area contributed by atoms with E-state index in [9.17, 15) is 4.79 Å². The lowest BCUT2D eigenvalue weighted by molar-refractivity contribution is -0.137. The first-order valence-electron chi connectivity index (χ1n) is 11.9. The number of carboxylic acids is 1. The van der Waals surface area contributed by atoms with Gasteiger partial charge < -0.3 is 5.11 Å². The Bertz CT molecular complexity index is 288. The van der Waals surface area contributed by atoms with Gasteiger partial charge >= 0.3 is 5.97 Å². The van der Waals surface area contributed by atoms with E-state index < -0.39 is 5.97 Å². The topological polar surface area (TPSA) is 37.3 Å². The molecule has 0 aliphatic heterocycles. The first-order valence-corrected chi connectivity index (χ1v) is 11.9. The largest absolute Gasteiger partial charge is 0.481 e. The summed E-state index contributed by atoms with van der Waals surface area (Å²) in [5, 5.41) is 8.68. The molecule has 2 nitrogen and oxygen atoms in total. The summed E-state index contributed by atoms with van der Waals surface area (Å²) in [7, 11) is 0. The number of carboxylic acid groups (broad SMARTS) is 1. The monoisotopic (exact) mass is 368 g/mol. The molecular weight excluding hydrogens is 320 g/mol. The number of unbranched alkanes of at least 4 members (excludes halogenated alkanes) is 16. The van der Waals surface area contributed by atoms with Crippen molar-refractivity contribution in [3.63, 3.8) is 0 Å². The van der Waals surface area contributed by atoms with Gasteiger partial charge in [-0.25, -0.2) is 0 Å². The van der Waals surface area contributed by atoms with Crippen molar-refractivity contribution in [1.29, 1.82) is 0 Å². The zero-order valence-corrected chi connectivity index (χ0v) is 18.1. The summed E-state index contributed by atoms with van der Waals surface area (Å²) in [6.07, 6.45) is 26.4. The van der Waals surface area contributed by atoms with Crippen LogP contribution in [0, 0.1) is 5.92 Å². The average molecular weight is 369 g/mol. The standard InChI is InChI=1S/C24H48O2/c1-3-4-5-6-7-8-9-10-11-12-13-14-15-16-17-18-19-20-23(2)21-22-24(25)26/h23H,3-22H2,1-2H3,(H,25,26). The third kappa shape index (κ3) is 21.5. The zero-order chi connectivity index (χ0) is 19.3. The highest BCUT2D eigenvalue weighted by Crippen LogP contribution is 2.17. The van der Waals surface area contributed by atoms with Crippen LogP contribution in [0.15, 0.2) is 0 Å². The van der Waals surface area contributed by atoms with Crippen molar-refractivity contribution in [2.24, 2.45) is 5.92 Å². The van der Waals surface area contributed by atoms with Gasteiger partial charge in [0.25, 0.3) is 0 Å². The first-order chi connectivity index (χ1) is 12.7. The van der Waals surface area contributed by atoms with Crippen molar-refractivity contribution in [2.45, 2.75) is 142 Å². The molecule has 0 aromatic heterocycles. The minimum absolute atomic E-state index is 0.333. The molecule has 0 heterocycles. The molecule has 0 aliphatic rings. The molecule has 0 aliphatic carbocycles. The third-order valence-electron chi connectivity index (χ3n) is 5.65. The molecule has 0 aromatic rings. The quantitative estimate of drug-likeness (QED) is 0.206. The molecule has 26 heavy (non-hydrogen) atoms. The Morgan fingerprint density at radius 3 is 1.31 bits per heavy atom. The van der Waals surface area contributed by atoms with E-state index in [2.05, 4.69) is 13.8 Å². The van der Waals surface area contributed by atoms with Crippen molar-refractivity contribution in [3.05, 3.63) is 0 Å². The molecule has 1 N–H and O–H groups in total. The van der Waals surface area contributed by atoms with Crippen molar-refractivity contribution >= 4 is 5.97 Å². The number of carbonyl (C=O) groups is 1. The number of hydrogen-bond donors (Lipinski definition) is 1. The molecule has 156 valence electrons. The van der Waals surface area contributed by atoms with E-state index in [0.29, 0.717) is 12.3 Å². The van der Waals surface area contributed by atoms with Crippen LogP contribution < -0.4 is 0 Å². The SMILES string of the molecule is CCCCCCCCCCCCCCCCCCCC(C)CCC(=O)O. The highest BCUT2D eigenvalue weighted by molar-refractivity contribution is 5.66. The summed E-state index contributed by atoms with van der Waals surface area (Å²) < 4.78 is 0. The fraction of sp³-hybridized carbons (Fsp3) is 0.958. The maximum absolute atomic E-state index is 10.5. The lowest BCUT2D eigenvalue weighted by Crippen LogP contribution is -2.01. The van der Waals surface area contributed by atoms with Crippen LogP contribution in [0.4, 0.5) is 0 Å². The van der Waals surface area contributed by atoms with Gasteiger partial charge in [-0.2, -0.15) is 0 Å². The molecule has 0 saturated heterocycles. The summed E-state index contributed by atoms with van der Waals surface area (Å²) >= 11 is 0. The summed E-state index contributed by atoms with van der Waals surface area (Å²) in [5.74, 6) is -0.0818. The molecule has 0 saturated carbocycles. The van der Waals surface area contributed by atoms with Gasteiger partial charge in [0, 0.05) is 6.42 Å². The summed E-state index contributed by atoms with van der Waals surface area (Å²) in [5.41, 5.74) is 0. The van der Waals surface area contributed by atoms with Crippen molar-refractivity contribution in [1.82, 2.24) is 0 Å².